The molecule has 2 aromatic carbocycles. The fourth-order valence-corrected chi connectivity index (χ4v) is 2.39. The summed E-state index contributed by atoms with van der Waals surface area (Å²) in [6, 6.07) is 16.7. The summed E-state index contributed by atoms with van der Waals surface area (Å²) in [7, 11) is 0. The van der Waals surface area contributed by atoms with Gasteiger partial charge in [0.2, 0.25) is 0 Å². The highest BCUT2D eigenvalue weighted by Gasteiger charge is 2.06. The van der Waals surface area contributed by atoms with E-state index < -0.39 is 0 Å². The van der Waals surface area contributed by atoms with Crippen molar-refractivity contribution in [2.75, 3.05) is 10.6 Å². The molecule has 0 saturated carbocycles. The lowest BCUT2D eigenvalue weighted by atomic mass is 10.2. The van der Waals surface area contributed by atoms with Crippen LogP contribution in [0, 0.1) is 6.92 Å². The summed E-state index contributed by atoms with van der Waals surface area (Å²) in [5, 5.41) is 6.84. The monoisotopic (exact) mass is 337 g/mol. The Kier molecular flexibility index (Phi) is 4.77. The highest BCUT2D eigenvalue weighted by atomic mass is 35.5. The quantitative estimate of drug-likeness (QED) is 0.701. The van der Waals surface area contributed by atoms with Crippen LogP contribution in [0.5, 0.6) is 0 Å². The second kappa shape index (κ2) is 7.15. The van der Waals surface area contributed by atoms with E-state index >= 15 is 0 Å². The number of hydrogen-bond acceptors (Lipinski definition) is 3. The van der Waals surface area contributed by atoms with Gasteiger partial charge < -0.3 is 10.6 Å². The van der Waals surface area contributed by atoms with Crippen molar-refractivity contribution < 1.29 is 4.79 Å². The van der Waals surface area contributed by atoms with E-state index in [0.717, 1.165) is 22.6 Å². The van der Waals surface area contributed by atoms with Crippen LogP contribution in [0.1, 0.15) is 15.9 Å². The number of benzene rings is 2. The molecule has 0 saturated heterocycles. The molecule has 0 aliphatic heterocycles. The highest BCUT2D eigenvalue weighted by Crippen LogP contribution is 2.25. The molecule has 0 radical (unpaired) electrons. The molecular weight excluding hydrogens is 322 g/mol. The summed E-state index contributed by atoms with van der Waals surface area (Å²) in [6.45, 7) is 2.02. The lowest BCUT2D eigenvalue weighted by Crippen LogP contribution is -2.11. The van der Waals surface area contributed by atoms with Gasteiger partial charge in [-0.3, -0.25) is 9.78 Å². The fraction of sp³-hybridized carbons (Fsp3) is 0.0526. The Morgan fingerprint density at radius 3 is 2.50 bits per heavy atom. The number of aryl methyl sites for hydroxylation is 1. The Morgan fingerprint density at radius 2 is 1.79 bits per heavy atom. The summed E-state index contributed by atoms with van der Waals surface area (Å²) in [5.74, 6) is -0.186. The summed E-state index contributed by atoms with van der Waals surface area (Å²) in [5.41, 5.74) is 4.22. The average molecular weight is 338 g/mol. The van der Waals surface area contributed by atoms with E-state index in [2.05, 4.69) is 15.6 Å². The van der Waals surface area contributed by atoms with E-state index in [4.69, 9.17) is 11.6 Å². The molecule has 3 aromatic rings. The zero-order valence-corrected chi connectivity index (χ0v) is 13.8. The highest BCUT2D eigenvalue weighted by molar-refractivity contribution is 6.30. The Bertz CT molecular complexity index is 848. The second-order valence-electron chi connectivity index (χ2n) is 5.36. The number of rotatable bonds is 4. The number of carbonyl (C=O) groups is 1. The zero-order valence-electron chi connectivity index (χ0n) is 13.1. The van der Waals surface area contributed by atoms with Crippen molar-refractivity contribution >= 4 is 34.6 Å². The molecule has 0 aliphatic rings. The first-order chi connectivity index (χ1) is 11.6. The van der Waals surface area contributed by atoms with Gasteiger partial charge in [-0.15, -0.1) is 0 Å². The number of anilines is 3. The van der Waals surface area contributed by atoms with Crippen molar-refractivity contribution in [3.63, 3.8) is 0 Å². The van der Waals surface area contributed by atoms with Crippen molar-refractivity contribution in [2.45, 2.75) is 6.92 Å². The van der Waals surface area contributed by atoms with Gasteiger partial charge in [-0.1, -0.05) is 17.7 Å². The third kappa shape index (κ3) is 3.91. The molecule has 2 N–H and O–H groups in total. The van der Waals surface area contributed by atoms with E-state index in [9.17, 15) is 4.79 Å². The predicted molar refractivity (Wildman–Crippen MR) is 98.1 cm³/mol. The zero-order chi connectivity index (χ0) is 16.9. The Morgan fingerprint density at radius 1 is 1.04 bits per heavy atom. The van der Waals surface area contributed by atoms with Crippen LogP contribution in [-0.2, 0) is 0 Å². The van der Waals surface area contributed by atoms with Crippen LogP contribution in [0.25, 0.3) is 0 Å². The molecule has 0 unspecified atom stereocenters. The van der Waals surface area contributed by atoms with Gasteiger partial charge in [-0.2, -0.15) is 0 Å². The minimum absolute atomic E-state index is 0.186. The first kappa shape index (κ1) is 16.0. The molecule has 1 heterocycles. The number of nitrogens with one attached hydrogen (secondary N) is 2. The summed E-state index contributed by atoms with van der Waals surface area (Å²) >= 11 is 6.03. The maximum absolute atomic E-state index is 12.1. The Balaban J connectivity index is 1.69. The van der Waals surface area contributed by atoms with Gasteiger partial charge >= 0.3 is 0 Å². The largest absolute Gasteiger partial charge is 0.355 e. The van der Waals surface area contributed by atoms with Crippen LogP contribution < -0.4 is 10.6 Å². The number of hydrogen-bond donors (Lipinski definition) is 2. The van der Waals surface area contributed by atoms with E-state index in [1.165, 1.54) is 6.20 Å². The van der Waals surface area contributed by atoms with Crippen LogP contribution >= 0.6 is 11.6 Å². The van der Waals surface area contributed by atoms with Gasteiger partial charge in [-0.25, -0.2) is 0 Å². The molecule has 3 rings (SSSR count). The first-order valence-corrected chi connectivity index (χ1v) is 7.84. The van der Waals surface area contributed by atoms with Gasteiger partial charge in [-0.05, 0) is 61.0 Å². The van der Waals surface area contributed by atoms with Crippen LogP contribution in [0.2, 0.25) is 5.02 Å². The van der Waals surface area contributed by atoms with Gasteiger partial charge in [0.1, 0.15) is 0 Å². The normalized spacial score (nSPS) is 10.2. The Labute approximate surface area is 145 Å². The summed E-state index contributed by atoms with van der Waals surface area (Å²) < 4.78 is 0. The number of amides is 1. The smallest absolute Gasteiger partial charge is 0.257 e. The minimum Gasteiger partial charge on any atom is -0.355 e. The van der Waals surface area contributed by atoms with Gasteiger partial charge in [0.15, 0.2) is 0 Å². The molecular formula is C19H16ClN3O. The third-order valence-electron chi connectivity index (χ3n) is 3.55. The lowest BCUT2D eigenvalue weighted by Gasteiger charge is -2.11. The molecule has 24 heavy (non-hydrogen) atoms. The SMILES string of the molecule is Cc1ccc(Cl)cc1Nc1ccc(NC(=O)c2cccnc2)cc1. The number of nitrogens with zero attached hydrogens (tertiary/aromatic N) is 1. The standard InChI is InChI=1S/C19H16ClN3O/c1-13-4-5-15(20)11-18(13)22-16-6-8-17(9-7-16)23-19(24)14-3-2-10-21-12-14/h2-12,22H,1H3,(H,23,24). The van der Waals surface area contributed by atoms with Crippen LogP contribution in [0.15, 0.2) is 67.0 Å². The molecule has 0 fully saturated rings. The van der Waals surface area contributed by atoms with E-state index in [0.29, 0.717) is 10.6 Å². The molecule has 0 bridgehead atoms. The fourth-order valence-electron chi connectivity index (χ4n) is 2.22. The maximum atomic E-state index is 12.1. The number of halogens is 1. The molecule has 0 atom stereocenters. The molecule has 0 spiro atoms. The van der Waals surface area contributed by atoms with Gasteiger partial charge in [0.05, 0.1) is 5.56 Å². The maximum Gasteiger partial charge on any atom is 0.257 e. The molecule has 1 amide bonds. The summed E-state index contributed by atoms with van der Waals surface area (Å²) in [6.07, 6.45) is 3.17. The number of carbonyl (C=O) groups excluding carboxylic acids is 1. The van der Waals surface area contributed by atoms with E-state index in [1.807, 2.05) is 49.4 Å². The number of aromatic nitrogens is 1. The summed E-state index contributed by atoms with van der Waals surface area (Å²) in [4.78, 5) is 16.0. The minimum atomic E-state index is -0.186. The second-order valence-corrected chi connectivity index (χ2v) is 5.79. The number of pyridine rings is 1. The first-order valence-electron chi connectivity index (χ1n) is 7.46. The van der Waals surface area contributed by atoms with Crippen molar-refractivity contribution in [1.82, 2.24) is 4.98 Å². The van der Waals surface area contributed by atoms with E-state index in [-0.39, 0.29) is 5.91 Å². The van der Waals surface area contributed by atoms with Crippen molar-refractivity contribution in [3.05, 3.63) is 83.1 Å². The molecule has 4 nitrogen and oxygen atoms in total. The van der Waals surface area contributed by atoms with Crippen molar-refractivity contribution in [3.8, 4) is 0 Å². The van der Waals surface area contributed by atoms with Crippen LogP contribution in [0.4, 0.5) is 17.1 Å². The lowest BCUT2D eigenvalue weighted by molar-refractivity contribution is 0.102. The van der Waals surface area contributed by atoms with E-state index in [1.54, 1.807) is 18.3 Å². The van der Waals surface area contributed by atoms with Crippen LogP contribution in [-0.4, -0.2) is 10.9 Å². The predicted octanol–water partition coefficient (Wildman–Crippen LogP) is 5.04. The topological polar surface area (TPSA) is 54.0 Å². The average Bonchev–Trinajstić information content (AvgIpc) is 2.60. The van der Waals surface area contributed by atoms with Crippen molar-refractivity contribution in [2.24, 2.45) is 0 Å². The third-order valence-corrected chi connectivity index (χ3v) is 3.78. The van der Waals surface area contributed by atoms with Gasteiger partial charge in [0.25, 0.3) is 5.91 Å². The van der Waals surface area contributed by atoms with Crippen LogP contribution in [0.3, 0.4) is 0 Å². The Hall–Kier alpha value is -2.85. The molecule has 1 aromatic heterocycles. The van der Waals surface area contributed by atoms with Crippen molar-refractivity contribution in [1.29, 1.82) is 0 Å². The molecule has 0 aliphatic carbocycles. The van der Waals surface area contributed by atoms with Gasteiger partial charge in [0, 0.05) is 34.5 Å². The molecule has 120 valence electrons. The molecule has 5 heteroatoms.